The van der Waals surface area contributed by atoms with Crippen LogP contribution in [-0.2, 0) is 29.9 Å². The lowest BCUT2D eigenvalue weighted by molar-refractivity contribution is -0.134. The van der Waals surface area contributed by atoms with E-state index in [4.69, 9.17) is 0 Å². The van der Waals surface area contributed by atoms with Gasteiger partial charge in [-0.1, -0.05) is 41.6 Å². The Morgan fingerprint density at radius 3 is 2.49 bits per heavy atom. The highest BCUT2D eigenvalue weighted by atomic mass is 19.1. The molecule has 1 aromatic heterocycles. The number of nitrogens with zero attached hydrogens (tertiary/aromatic N) is 6. The predicted molar refractivity (Wildman–Crippen MR) is 155 cm³/mol. The summed E-state index contributed by atoms with van der Waals surface area (Å²) in [6, 6.07) is 19.8. The number of hydrogen-bond donors (Lipinski definition) is 1. The molecule has 0 radical (unpaired) electrons. The molecule has 0 bridgehead atoms. The summed E-state index contributed by atoms with van der Waals surface area (Å²) < 4.78 is 15.6. The lowest BCUT2D eigenvalue weighted by atomic mass is 9.81. The number of aliphatic hydroxyl groups is 1. The maximum atomic E-state index is 14.2. The summed E-state index contributed by atoms with van der Waals surface area (Å²) in [4.78, 5) is 20.9. The lowest BCUT2D eigenvalue weighted by Gasteiger charge is -2.48. The van der Waals surface area contributed by atoms with Crippen molar-refractivity contribution in [2.75, 3.05) is 31.2 Å². The number of aromatic nitrogens is 3. The van der Waals surface area contributed by atoms with Gasteiger partial charge in [-0.05, 0) is 78.8 Å². The van der Waals surface area contributed by atoms with Gasteiger partial charge in [-0.25, -0.2) is 4.39 Å². The van der Waals surface area contributed by atoms with E-state index in [0.717, 1.165) is 31.6 Å². The van der Waals surface area contributed by atoms with Crippen LogP contribution in [0.5, 0.6) is 0 Å². The molecule has 3 heterocycles. The van der Waals surface area contributed by atoms with Gasteiger partial charge in [-0.2, -0.15) is 0 Å². The van der Waals surface area contributed by atoms with E-state index in [0.29, 0.717) is 38.3 Å². The molecule has 2 aliphatic heterocycles. The number of carbonyl (C=O) groups excluding carboxylic acids is 1. The van der Waals surface area contributed by atoms with Gasteiger partial charge < -0.3 is 14.9 Å². The molecule has 2 saturated heterocycles. The average molecular weight is 555 g/mol. The highest BCUT2D eigenvalue weighted by molar-refractivity contribution is 5.94. The fourth-order valence-electron chi connectivity index (χ4n) is 7.46. The molecule has 1 spiro atoms. The standard InChI is InChI=1S/C32H35FN6O2/c1-31(19-24-7-2-5-23-6-3-8-28(31)29(23)24)37-17-13-32(14-18-37)30(41)36(15-4-16-38-20-26(21-40)34-35-38)22-39(32)27-11-9-25(33)10-12-27/h2-3,5-12,20,40H,4,13-19,21-22H2,1H3/t31-/m1/s1. The van der Waals surface area contributed by atoms with Crippen LogP contribution in [0.3, 0.4) is 0 Å². The fraction of sp³-hybridized carbons (Fsp3) is 0.406. The highest BCUT2D eigenvalue weighted by Crippen LogP contribution is 2.48. The summed E-state index contributed by atoms with van der Waals surface area (Å²) in [5.41, 5.74) is 3.43. The minimum absolute atomic E-state index is 0.113. The van der Waals surface area contributed by atoms with Gasteiger partial charge in [0.2, 0.25) is 5.91 Å². The maximum Gasteiger partial charge on any atom is 0.250 e. The lowest BCUT2D eigenvalue weighted by Crippen LogP contribution is -2.59. The van der Waals surface area contributed by atoms with Crippen molar-refractivity contribution in [3.8, 4) is 0 Å². The zero-order valence-electron chi connectivity index (χ0n) is 23.3. The number of aliphatic hydroxyl groups excluding tert-OH is 1. The fourth-order valence-corrected chi connectivity index (χ4v) is 7.46. The van der Waals surface area contributed by atoms with E-state index in [1.807, 2.05) is 4.90 Å². The minimum atomic E-state index is -0.653. The van der Waals surface area contributed by atoms with E-state index in [-0.39, 0.29) is 23.9 Å². The maximum absolute atomic E-state index is 14.2. The number of carbonyl (C=O) groups is 1. The largest absolute Gasteiger partial charge is 0.390 e. The van der Waals surface area contributed by atoms with Gasteiger partial charge in [0, 0.05) is 37.4 Å². The van der Waals surface area contributed by atoms with Crippen LogP contribution in [0.2, 0.25) is 0 Å². The molecular formula is C32H35FN6O2. The first kappa shape index (κ1) is 26.1. The summed E-state index contributed by atoms with van der Waals surface area (Å²) >= 11 is 0. The highest BCUT2D eigenvalue weighted by Gasteiger charge is 2.55. The van der Waals surface area contributed by atoms with Crippen molar-refractivity contribution >= 4 is 22.4 Å². The van der Waals surface area contributed by atoms with E-state index >= 15 is 0 Å². The first-order valence-corrected chi connectivity index (χ1v) is 14.5. The number of anilines is 1. The molecule has 3 aromatic carbocycles. The van der Waals surface area contributed by atoms with Crippen molar-refractivity contribution in [1.29, 1.82) is 0 Å². The van der Waals surface area contributed by atoms with Crippen LogP contribution in [0.4, 0.5) is 10.1 Å². The van der Waals surface area contributed by atoms with Crippen LogP contribution in [0.25, 0.3) is 10.8 Å². The van der Waals surface area contributed by atoms with Gasteiger partial charge in [0.25, 0.3) is 0 Å². The van der Waals surface area contributed by atoms with E-state index in [2.05, 4.69) is 63.4 Å². The number of benzene rings is 3. The number of likely N-dealkylation sites (tertiary alicyclic amines) is 1. The quantitative estimate of drug-likeness (QED) is 0.371. The zero-order chi connectivity index (χ0) is 28.2. The monoisotopic (exact) mass is 554 g/mol. The molecule has 1 N–H and O–H groups in total. The second kappa shape index (κ2) is 9.92. The molecule has 9 heteroatoms. The van der Waals surface area contributed by atoms with Gasteiger partial charge in [0.05, 0.1) is 19.5 Å². The number of amides is 1. The average Bonchev–Trinajstić information content (AvgIpc) is 3.65. The van der Waals surface area contributed by atoms with E-state index in [1.54, 1.807) is 23.0 Å². The smallest absolute Gasteiger partial charge is 0.250 e. The summed E-state index contributed by atoms with van der Waals surface area (Å²) in [5, 5.41) is 19.9. The van der Waals surface area contributed by atoms with Gasteiger partial charge in [0.15, 0.2) is 0 Å². The van der Waals surface area contributed by atoms with Crippen LogP contribution < -0.4 is 4.90 Å². The second-order valence-corrected chi connectivity index (χ2v) is 11.9. The van der Waals surface area contributed by atoms with Crippen LogP contribution in [0.15, 0.2) is 66.9 Å². The minimum Gasteiger partial charge on any atom is -0.390 e. The Morgan fingerprint density at radius 1 is 1.00 bits per heavy atom. The second-order valence-electron chi connectivity index (χ2n) is 11.9. The van der Waals surface area contributed by atoms with Crippen molar-refractivity contribution in [2.45, 2.75) is 56.8 Å². The molecule has 0 saturated carbocycles. The Balaban J connectivity index is 1.12. The third-order valence-corrected chi connectivity index (χ3v) is 9.61. The first-order valence-electron chi connectivity index (χ1n) is 14.5. The van der Waals surface area contributed by atoms with Crippen LogP contribution in [0, 0.1) is 5.82 Å². The SMILES string of the molecule is C[C@@]1(N2CCC3(CC2)C(=O)N(CCCn2cc(CO)nn2)CN3c2ccc(F)cc2)Cc2cccc3cccc1c23. The predicted octanol–water partition coefficient (Wildman–Crippen LogP) is 4.07. The molecule has 1 amide bonds. The van der Waals surface area contributed by atoms with Crippen LogP contribution >= 0.6 is 0 Å². The topological polar surface area (TPSA) is 77.7 Å². The Morgan fingerprint density at radius 2 is 1.76 bits per heavy atom. The summed E-state index contributed by atoms with van der Waals surface area (Å²) in [6.07, 6.45) is 4.85. The molecule has 0 unspecified atom stereocenters. The molecule has 4 aromatic rings. The zero-order valence-corrected chi connectivity index (χ0v) is 23.3. The Labute approximate surface area is 239 Å². The number of aryl methyl sites for hydroxylation is 1. The van der Waals surface area contributed by atoms with Gasteiger partial charge in [0.1, 0.15) is 17.1 Å². The molecule has 1 atom stereocenters. The first-order chi connectivity index (χ1) is 19.9. The van der Waals surface area contributed by atoms with Crippen molar-refractivity contribution in [3.63, 3.8) is 0 Å². The molecular weight excluding hydrogens is 519 g/mol. The third kappa shape index (κ3) is 4.21. The normalized spacial score (nSPS) is 22.0. The van der Waals surface area contributed by atoms with Crippen LogP contribution in [0.1, 0.15) is 43.0 Å². The molecule has 1 aliphatic carbocycles. The van der Waals surface area contributed by atoms with E-state index < -0.39 is 5.54 Å². The number of halogens is 1. The summed E-state index contributed by atoms with van der Waals surface area (Å²) in [7, 11) is 0. The van der Waals surface area contributed by atoms with E-state index in [1.165, 1.54) is 34.0 Å². The molecule has 8 nitrogen and oxygen atoms in total. The number of piperidine rings is 1. The molecule has 212 valence electrons. The van der Waals surface area contributed by atoms with Crippen molar-refractivity contribution in [1.82, 2.24) is 24.8 Å². The number of hydrogen-bond acceptors (Lipinski definition) is 6. The summed E-state index contributed by atoms with van der Waals surface area (Å²) in [6.45, 7) is 5.50. The third-order valence-electron chi connectivity index (χ3n) is 9.61. The molecule has 3 aliphatic rings. The Hall–Kier alpha value is -3.82. The molecule has 2 fully saturated rings. The van der Waals surface area contributed by atoms with Gasteiger partial charge in [-0.3, -0.25) is 14.4 Å². The molecule has 7 rings (SSSR count). The van der Waals surface area contributed by atoms with Gasteiger partial charge >= 0.3 is 0 Å². The Kier molecular flexibility index (Phi) is 6.32. The van der Waals surface area contributed by atoms with Crippen molar-refractivity contribution in [2.24, 2.45) is 0 Å². The van der Waals surface area contributed by atoms with Crippen LogP contribution in [-0.4, -0.2) is 67.6 Å². The van der Waals surface area contributed by atoms with Crippen molar-refractivity contribution < 1.29 is 14.3 Å². The summed E-state index contributed by atoms with van der Waals surface area (Å²) in [5.74, 6) is -0.129. The Bertz CT molecular complexity index is 1590. The molecule has 41 heavy (non-hydrogen) atoms. The van der Waals surface area contributed by atoms with Gasteiger partial charge in [-0.15, -0.1) is 5.10 Å². The van der Waals surface area contributed by atoms with Crippen molar-refractivity contribution in [3.05, 3.63) is 89.5 Å². The number of rotatable bonds is 7. The van der Waals surface area contributed by atoms with E-state index in [9.17, 15) is 14.3 Å².